The molecule has 6 nitrogen and oxygen atoms in total. The van der Waals surface area contributed by atoms with Crippen LogP contribution in [0.4, 0.5) is 5.82 Å². The highest BCUT2D eigenvalue weighted by Gasteiger charge is 2.20. The molecule has 0 fully saturated rings. The van der Waals surface area contributed by atoms with E-state index < -0.39 is 0 Å². The molecule has 0 N–H and O–H groups in total. The molecule has 0 unspecified atom stereocenters. The van der Waals surface area contributed by atoms with Crippen molar-refractivity contribution in [2.24, 2.45) is 7.05 Å². The summed E-state index contributed by atoms with van der Waals surface area (Å²) < 4.78 is 7.75. The molecule has 0 aliphatic rings. The molecule has 0 saturated heterocycles. The van der Waals surface area contributed by atoms with E-state index in [9.17, 15) is 4.79 Å². The molecule has 28 heavy (non-hydrogen) atoms. The summed E-state index contributed by atoms with van der Waals surface area (Å²) in [7, 11) is 8.14. The lowest BCUT2D eigenvalue weighted by molar-refractivity contribution is 0.415. The molecule has 0 bridgehead atoms. The largest absolute Gasteiger partial charge is 0.403 e. The van der Waals surface area contributed by atoms with Crippen molar-refractivity contribution in [3.8, 4) is 11.5 Å². The summed E-state index contributed by atoms with van der Waals surface area (Å²) in [5.41, 5.74) is 3.28. The van der Waals surface area contributed by atoms with Crippen molar-refractivity contribution in [1.82, 2.24) is 14.5 Å². The van der Waals surface area contributed by atoms with E-state index in [1.165, 1.54) is 0 Å². The highest BCUT2D eigenvalue weighted by atomic mass is 16.4. The van der Waals surface area contributed by atoms with Crippen LogP contribution in [0.15, 0.2) is 33.6 Å². The Morgan fingerprint density at radius 2 is 1.89 bits per heavy atom. The summed E-state index contributed by atoms with van der Waals surface area (Å²) in [4.78, 5) is 21.9. The Morgan fingerprint density at radius 1 is 1.18 bits per heavy atom. The molecule has 6 heteroatoms. The molecule has 0 aliphatic carbocycles. The lowest BCUT2D eigenvalue weighted by Crippen LogP contribution is -2.29. The summed E-state index contributed by atoms with van der Waals surface area (Å²) in [6, 6.07) is 5.96. The van der Waals surface area contributed by atoms with E-state index in [-0.39, 0.29) is 11.5 Å². The average molecular weight is 383 g/mol. The normalized spacial score (nSPS) is 11.8. The van der Waals surface area contributed by atoms with Crippen molar-refractivity contribution in [2.45, 2.75) is 26.7 Å². The number of nitrogens with zero attached hydrogens (tertiary/aromatic N) is 4. The van der Waals surface area contributed by atoms with Gasteiger partial charge in [0.05, 0.1) is 16.5 Å². The van der Waals surface area contributed by atoms with Gasteiger partial charge in [0, 0.05) is 33.4 Å². The molecular formula is C22H30N4O2. The molecule has 2 aromatic heterocycles. The van der Waals surface area contributed by atoms with E-state index in [1.807, 2.05) is 50.0 Å². The van der Waals surface area contributed by atoms with Gasteiger partial charge < -0.3 is 18.8 Å². The van der Waals surface area contributed by atoms with Crippen molar-refractivity contribution in [1.29, 1.82) is 0 Å². The van der Waals surface area contributed by atoms with Crippen LogP contribution in [-0.4, -0.2) is 48.7 Å². The summed E-state index contributed by atoms with van der Waals surface area (Å²) in [6.07, 6.45) is 1.97. The highest BCUT2D eigenvalue weighted by molar-refractivity contribution is 5.84. The zero-order chi connectivity index (χ0) is 20.6. The fourth-order valence-corrected chi connectivity index (χ4v) is 3.57. The van der Waals surface area contributed by atoms with Gasteiger partial charge in [-0.1, -0.05) is 19.9 Å². The van der Waals surface area contributed by atoms with Crippen molar-refractivity contribution >= 4 is 16.7 Å². The van der Waals surface area contributed by atoms with E-state index in [0.717, 1.165) is 35.6 Å². The second-order valence-corrected chi connectivity index (χ2v) is 8.10. The minimum atomic E-state index is -0.325. The lowest BCUT2D eigenvalue weighted by atomic mass is 9.97. The first-order valence-corrected chi connectivity index (χ1v) is 9.66. The Bertz CT molecular complexity index is 1050. The number of likely N-dealkylation sites (N-methyl/N-ethyl adjacent to an activating group) is 2. The molecule has 0 spiro atoms. The lowest BCUT2D eigenvalue weighted by Gasteiger charge is -2.23. The number of anilines is 1. The summed E-state index contributed by atoms with van der Waals surface area (Å²) in [5, 5.41) is 0.586. The predicted octanol–water partition coefficient (Wildman–Crippen LogP) is 3.62. The zero-order valence-electron chi connectivity index (χ0n) is 17.9. The van der Waals surface area contributed by atoms with Crippen LogP contribution in [0.1, 0.15) is 30.9 Å². The molecule has 0 atom stereocenters. The molecule has 3 rings (SSSR count). The van der Waals surface area contributed by atoms with Crippen molar-refractivity contribution in [3.63, 3.8) is 0 Å². The van der Waals surface area contributed by atoms with Gasteiger partial charge in [-0.3, -0.25) is 0 Å². The SMILES string of the molecule is Cc1cc(C(C)C)c2c(=O)oc(-c3ccn(C)c3N(C)CCN(C)C)nc2c1. The van der Waals surface area contributed by atoms with Gasteiger partial charge in [-0.25, -0.2) is 9.78 Å². The predicted molar refractivity (Wildman–Crippen MR) is 115 cm³/mol. The third kappa shape index (κ3) is 3.83. The number of fused-ring (bicyclic) bond motifs is 1. The zero-order valence-corrected chi connectivity index (χ0v) is 17.9. The highest BCUT2D eigenvalue weighted by Crippen LogP contribution is 2.31. The fourth-order valence-electron chi connectivity index (χ4n) is 3.57. The van der Waals surface area contributed by atoms with E-state index in [4.69, 9.17) is 9.40 Å². The average Bonchev–Trinajstić information content (AvgIpc) is 3.00. The van der Waals surface area contributed by atoms with Crippen molar-refractivity contribution in [3.05, 3.63) is 45.9 Å². The summed E-state index contributed by atoms with van der Waals surface area (Å²) in [5.74, 6) is 1.57. The third-order valence-corrected chi connectivity index (χ3v) is 5.04. The molecule has 0 aliphatic heterocycles. The maximum Gasteiger partial charge on any atom is 0.347 e. The van der Waals surface area contributed by atoms with E-state index >= 15 is 0 Å². The summed E-state index contributed by atoms with van der Waals surface area (Å²) >= 11 is 0. The number of rotatable bonds is 6. The van der Waals surface area contributed by atoms with Crippen LogP contribution in [0.2, 0.25) is 0 Å². The van der Waals surface area contributed by atoms with Crippen LogP contribution < -0.4 is 10.5 Å². The van der Waals surface area contributed by atoms with Gasteiger partial charge in [0.25, 0.3) is 0 Å². The van der Waals surface area contributed by atoms with Gasteiger partial charge >= 0.3 is 5.63 Å². The van der Waals surface area contributed by atoms with Crippen molar-refractivity contribution < 1.29 is 4.42 Å². The van der Waals surface area contributed by atoms with Gasteiger partial charge in [-0.05, 0) is 50.2 Å². The first-order chi connectivity index (χ1) is 13.2. The monoisotopic (exact) mass is 382 g/mol. The minimum Gasteiger partial charge on any atom is -0.403 e. The first kappa shape index (κ1) is 20.1. The molecule has 2 heterocycles. The van der Waals surface area contributed by atoms with E-state index in [1.54, 1.807) is 0 Å². The van der Waals surface area contributed by atoms with Gasteiger partial charge in [0.2, 0.25) is 5.89 Å². The second kappa shape index (κ2) is 7.80. The fraction of sp³-hybridized carbons (Fsp3) is 0.455. The minimum absolute atomic E-state index is 0.224. The molecule has 0 amide bonds. The maximum absolute atomic E-state index is 12.9. The second-order valence-electron chi connectivity index (χ2n) is 8.10. The van der Waals surface area contributed by atoms with Crippen LogP contribution in [0.3, 0.4) is 0 Å². The molecule has 0 saturated carbocycles. The first-order valence-electron chi connectivity index (χ1n) is 9.66. The van der Waals surface area contributed by atoms with Crippen LogP contribution in [0.5, 0.6) is 0 Å². The molecule has 1 aromatic carbocycles. The standard InChI is InChI=1S/C22H30N4O2/c1-14(2)17-12-15(3)13-18-19(17)22(27)28-20(23-18)16-8-9-25(6)21(16)26(7)11-10-24(4)5/h8-9,12-14H,10-11H2,1-7H3. The third-order valence-electron chi connectivity index (χ3n) is 5.04. The molecule has 3 aromatic rings. The Labute approximate surface area is 166 Å². The van der Waals surface area contributed by atoms with Crippen molar-refractivity contribution in [2.75, 3.05) is 39.1 Å². The Kier molecular flexibility index (Phi) is 5.61. The quantitative estimate of drug-likeness (QED) is 0.652. The number of benzene rings is 1. The van der Waals surface area contributed by atoms with Crippen LogP contribution in [0, 0.1) is 6.92 Å². The smallest absolute Gasteiger partial charge is 0.347 e. The van der Waals surface area contributed by atoms with Gasteiger partial charge in [-0.2, -0.15) is 0 Å². The molecular weight excluding hydrogens is 352 g/mol. The van der Waals surface area contributed by atoms with E-state index in [0.29, 0.717) is 16.8 Å². The number of hydrogen-bond donors (Lipinski definition) is 0. The maximum atomic E-state index is 12.9. The number of aromatic nitrogens is 2. The Hall–Kier alpha value is -2.60. The number of hydrogen-bond acceptors (Lipinski definition) is 5. The van der Waals surface area contributed by atoms with E-state index in [2.05, 4.69) is 37.7 Å². The van der Waals surface area contributed by atoms with Gasteiger partial charge in [-0.15, -0.1) is 0 Å². The van der Waals surface area contributed by atoms with Crippen LogP contribution >= 0.6 is 0 Å². The Morgan fingerprint density at radius 3 is 2.54 bits per heavy atom. The van der Waals surface area contributed by atoms with Crippen LogP contribution in [-0.2, 0) is 7.05 Å². The van der Waals surface area contributed by atoms with Crippen LogP contribution in [0.25, 0.3) is 22.4 Å². The van der Waals surface area contributed by atoms with Gasteiger partial charge in [0.1, 0.15) is 5.82 Å². The van der Waals surface area contributed by atoms with Gasteiger partial charge in [0.15, 0.2) is 0 Å². The molecule has 150 valence electrons. The number of aryl methyl sites for hydroxylation is 2. The summed E-state index contributed by atoms with van der Waals surface area (Å²) in [6.45, 7) is 7.97. The topological polar surface area (TPSA) is 54.5 Å². The molecule has 0 radical (unpaired) electrons. The Balaban J connectivity index is 2.15.